The maximum atomic E-state index is 12.0. The van der Waals surface area contributed by atoms with Crippen LogP contribution in [0.4, 0.5) is 0 Å². The zero-order chi connectivity index (χ0) is 18.2. The fourth-order valence-corrected chi connectivity index (χ4v) is 2.50. The van der Waals surface area contributed by atoms with Crippen molar-refractivity contribution in [2.75, 3.05) is 13.2 Å². The molecule has 136 valence electrons. The zero-order valence-electron chi connectivity index (χ0n) is 14.2. The number of rotatable bonds is 9. The molecule has 1 amide bonds. The summed E-state index contributed by atoms with van der Waals surface area (Å²) >= 11 is 12.1. The minimum atomic E-state index is -0.237. The number of nitrogens with one attached hydrogen (secondary N) is 1. The van der Waals surface area contributed by atoms with E-state index in [-0.39, 0.29) is 18.7 Å². The minimum absolute atomic E-state index is 0.0962. The lowest BCUT2D eigenvalue weighted by atomic mass is 10.3. The lowest BCUT2D eigenvalue weighted by Crippen LogP contribution is -2.26. The van der Waals surface area contributed by atoms with Crippen molar-refractivity contribution in [3.05, 3.63) is 46.2 Å². The molecule has 0 aliphatic rings. The third-order valence-corrected chi connectivity index (χ3v) is 3.79. The first-order chi connectivity index (χ1) is 12.0. The Kier molecular flexibility index (Phi) is 7.55. The Bertz CT molecular complexity index is 684. The normalized spacial score (nSPS) is 10.9. The second-order valence-corrected chi connectivity index (χ2v) is 6.41. The SMILES string of the molecule is CC(C)OCCCNC(=O)c1ccn(COc2c(Cl)cccc2Cl)n1. The van der Waals surface area contributed by atoms with Crippen molar-refractivity contribution in [2.24, 2.45) is 0 Å². The van der Waals surface area contributed by atoms with Gasteiger partial charge in [-0.2, -0.15) is 5.10 Å². The maximum Gasteiger partial charge on any atom is 0.271 e. The van der Waals surface area contributed by atoms with E-state index in [2.05, 4.69) is 10.4 Å². The van der Waals surface area contributed by atoms with E-state index in [9.17, 15) is 4.79 Å². The highest BCUT2D eigenvalue weighted by molar-refractivity contribution is 6.37. The summed E-state index contributed by atoms with van der Waals surface area (Å²) in [6, 6.07) is 6.74. The summed E-state index contributed by atoms with van der Waals surface area (Å²) in [6.07, 6.45) is 2.60. The van der Waals surface area contributed by atoms with Crippen molar-refractivity contribution in [3.8, 4) is 5.75 Å². The smallest absolute Gasteiger partial charge is 0.271 e. The van der Waals surface area contributed by atoms with Gasteiger partial charge in [0.2, 0.25) is 0 Å². The largest absolute Gasteiger partial charge is 0.468 e. The van der Waals surface area contributed by atoms with Crippen molar-refractivity contribution >= 4 is 29.1 Å². The molecule has 2 rings (SSSR count). The first kappa shape index (κ1) is 19.6. The summed E-state index contributed by atoms with van der Waals surface area (Å²) in [6.45, 7) is 5.19. The Morgan fingerprint density at radius 1 is 1.28 bits per heavy atom. The van der Waals surface area contributed by atoms with Gasteiger partial charge in [0, 0.05) is 19.3 Å². The monoisotopic (exact) mass is 385 g/mol. The Hall–Kier alpha value is -1.76. The second-order valence-electron chi connectivity index (χ2n) is 5.59. The van der Waals surface area contributed by atoms with Gasteiger partial charge in [-0.1, -0.05) is 29.3 Å². The first-order valence-electron chi connectivity index (χ1n) is 7.97. The fourth-order valence-electron chi connectivity index (χ4n) is 1.99. The molecule has 0 atom stereocenters. The number of halogens is 2. The number of aromatic nitrogens is 2. The van der Waals surface area contributed by atoms with E-state index < -0.39 is 0 Å². The van der Waals surface area contributed by atoms with Crippen molar-refractivity contribution in [3.63, 3.8) is 0 Å². The number of para-hydroxylation sites is 1. The number of amides is 1. The van der Waals surface area contributed by atoms with Crippen LogP contribution in [0.2, 0.25) is 10.0 Å². The van der Waals surface area contributed by atoms with E-state index in [1.54, 1.807) is 30.5 Å². The highest BCUT2D eigenvalue weighted by Crippen LogP contribution is 2.32. The fraction of sp³-hybridized carbons (Fsp3) is 0.412. The van der Waals surface area contributed by atoms with Crippen LogP contribution >= 0.6 is 23.2 Å². The van der Waals surface area contributed by atoms with Gasteiger partial charge in [-0.15, -0.1) is 0 Å². The maximum absolute atomic E-state index is 12.0. The molecule has 1 heterocycles. The third-order valence-electron chi connectivity index (χ3n) is 3.19. The van der Waals surface area contributed by atoms with Crippen molar-refractivity contribution in [2.45, 2.75) is 33.1 Å². The summed E-state index contributed by atoms with van der Waals surface area (Å²) in [7, 11) is 0. The molecule has 1 aromatic carbocycles. The highest BCUT2D eigenvalue weighted by Gasteiger charge is 2.10. The predicted octanol–water partition coefficient (Wildman–Crippen LogP) is 3.77. The molecule has 0 aliphatic heterocycles. The molecular weight excluding hydrogens is 365 g/mol. The van der Waals surface area contributed by atoms with Crippen LogP contribution < -0.4 is 10.1 Å². The van der Waals surface area contributed by atoms with E-state index >= 15 is 0 Å². The zero-order valence-corrected chi connectivity index (χ0v) is 15.7. The molecule has 0 spiro atoms. The van der Waals surface area contributed by atoms with Crippen LogP contribution in [0, 0.1) is 0 Å². The summed E-state index contributed by atoms with van der Waals surface area (Å²) in [5.41, 5.74) is 0.318. The lowest BCUT2D eigenvalue weighted by molar-refractivity contribution is 0.0756. The number of carbonyl (C=O) groups is 1. The average Bonchev–Trinajstić information content (AvgIpc) is 3.02. The standard InChI is InChI=1S/C17H21Cl2N3O3/c1-12(2)24-10-4-8-20-17(23)15-7-9-22(21-15)11-25-16-13(18)5-3-6-14(16)19/h3,5-7,9,12H,4,8,10-11H2,1-2H3,(H,20,23). The van der Waals surface area contributed by atoms with E-state index in [0.717, 1.165) is 6.42 Å². The Morgan fingerprint density at radius 2 is 2.00 bits per heavy atom. The van der Waals surface area contributed by atoms with Crippen molar-refractivity contribution in [1.82, 2.24) is 15.1 Å². The average molecular weight is 386 g/mol. The van der Waals surface area contributed by atoms with Gasteiger partial charge in [0.1, 0.15) is 5.69 Å². The van der Waals surface area contributed by atoms with Crippen LogP contribution in [-0.4, -0.2) is 34.9 Å². The van der Waals surface area contributed by atoms with Gasteiger partial charge in [-0.05, 0) is 38.5 Å². The number of hydrogen-bond acceptors (Lipinski definition) is 4. The molecule has 1 aromatic heterocycles. The lowest BCUT2D eigenvalue weighted by Gasteiger charge is -2.09. The molecule has 0 bridgehead atoms. The van der Waals surface area contributed by atoms with Crippen molar-refractivity contribution < 1.29 is 14.3 Å². The number of hydrogen-bond donors (Lipinski definition) is 1. The molecule has 25 heavy (non-hydrogen) atoms. The molecule has 0 fully saturated rings. The molecule has 1 N–H and O–H groups in total. The highest BCUT2D eigenvalue weighted by atomic mass is 35.5. The molecule has 0 unspecified atom stereocenters. The molecular formula is C17H21Cl2N3O3. The van der Waals surface area contributed by atoms with Gasteiger partial charge in [0.15, 0.2) is 12.5 Å². The molecule has 8 heteroatoms. The first-order valence-corrected chi connectivity index (χ1v) is 8.73. The van der Waals surface area contributed by atoms with Crippen LogP contribution in [0.15, 0.2) is 30.5 Å². The quantitative estimate of drug-likeness (QED) is 0.667. The van der Waals surface area contributed by atoms with Gasteiger partial charge in [-0.25, -0.2) is 4.68 Å². The van der Waals surface area contributed by atoms with Crippen LogP contribution in [0.5, 0.6) is 5.75 Å². The van der Waals surface area contributed by atoms with Crippen LogP contribution in [0.25, 0.3) is 0 Å². The predicted molar refractivity (Wildman–Crippen MR) is 97.4 cm³/mol. The summed E-state index contributed by atoms with van der Waals surface area (Å²) < 4.78 is 12.5. The number of ether oxygens (including phenoxy) is 2. The number of nitrogens with zero attached hydrogens (tertiary/aromatic N) is 2. The van der Waals surface area contributed by atoms with Crippen molar-refractivity contribution in [1.29, 1.82) is 0 Å². The van der Waals surface area contributed by atoms with Gasteiger partial charge in [0.05, 0.1) is 16.1 Å². The summed E-state index contributed by atoms with van der Waals surface area (Å²) in [4.78, 5) is 12.0. The van der Waals surface area contributed by atoms with E-state index in [0.29, 0.717) is 34.6 Å². The van der Waals surface area contributed by atoms with Gasteiger partial charge in [0.25, 0.3) is 5.91 Å². The van der Waals surface area contributed by atoms with Crippen LogP contribution in [0.3, 0.4) is 0 Å². The van der Waals surface area contributed by atoms with Gasteiger partial charge < -0.3 is 14.8 Å². The second kappa shape index (κ2) is 9.65. The van der Waals surface area contributed by atoms with Gasteiger partial charge >= 0.3 is 0 Å². The molecule has 2 aromatic rings. The molecule has 0 saturated carbocycles. The molecule has 0 radical (unpaired) electrons. The molecule has 0 saturated heterocycles. The molecule has 0 aliphatic carbocycles. The third kappa shape index (κ3) is 6.23. The summed E-state index contributed by atoms with van der Waals surface area (Å²) in [5.74, 6) is 0.150. The van der Waals surface area contributed by atoms with Crippen LogP contribution in [0.1, 0.15) is 30.8 Å². The van der Waals surface area contributed by atoms with E-state index in [4.69, 9.17) is 32.7 Å². The van der Waals surface area contributed by atoms with Gasteiger partial charge in [-0.3, -0.25) is 4.79 Å². The topological polar surface area (TPSA) is 65.4 Å². The van der Waals surface area contributed by atoms with Crippen LogP contribution in [-0.2, 0) is 11.5 Å². The Labute approximate surface area is 157 Å². The number of carbonyl (C=O) groups excluding carboxylic acids is 1. The van der Waals surface area contributed by atoms with E-state index in [1.165, 1.54) is 4.68 Å². The summed E-state index contributed by atoms with van der Waals surface area (Å²) in [5, 5.41) is 7.81. The molecule has 6 nitrogen and oxygen atoms in total. The minimum Gasteiger partial charge on any atom is -0.468 e. The Morgan fingerprint density at radius 3 is 2.68 bits per heavy atom. The van der Waals surface area contributed by atoms with E-state index in [1.807, 2.05) is 13.8 Å². The number of benzene rings is 1. The Balaban J connectivity index is 1.80.